The van der Waals surface area contributed by atoms with Crippen LogP contribution >= 0.6 is 23.1 Å². The molecule has 0 radical (unpaired) electrons. The molecule has 1 aromatic rings. The molecule has 0 saturated heterocycles. The molecule has 0 aliphatic rings. The summed E-state index contributed by atoms with van der Waals surface area (Å²) in [6.45, 7) is 1.92. The molecule has 0 unspecified atom stereocenters. The number of aromatic nitrogens is 1. The predicted octanol–water partition coefficient (Wildman–Crippen LogP) is 1.32. The van der Waals surface area contributed by atoms with E-state index in [1.54, 1.807) is 12.3 Å². The zero-order chi connectivity index (χ0) is 14.1. The Bertz CT molecular complexity index is 461. The Labute approximate surface area is 118 Å². The van der Waals surface area contributed by atoms with Crippen molar-refractivity contribution in [1.29, 1.82) is 0 Å². The SMILES string of the molecule is CCOC(=O)C(=NOCSC)c1csc(NC=O)n1. The second-order valence-corrected chi connectivity index (χ2v) is 4.67. The Kier molecular flexibility index (Phi) is 6.90. The van der Waals surface area contributed by atoms with Crippen molar-refractivity contribution in [3.8, 4) is 0 Å². The first-order valence-electron chi connectivity index (χ1n) is 5.25. The molecule has 7 nitrogen and oxygen atoms in total. The number of ether oxygens (including phenoxy) is 1. The molecule has 0 spiro atoms. The largest absolute Gasteiger partial charge is 0.461 e. The molecule has 0 aliphatic heterocycles. The van der Waals surface area contributed by atoms with Gasteiger partial charge in [-0.1, -0.05) is 5.16 Å². The maximum Gasteiger partial charge on any atom is 0.362 e. The van der Waals surface area contributed by atoms with E-state index in [2.05, 4.69) is 15.5 Å². The molecule has 1 rings (SSSR count). The maximum atomic E-state index is 11.7. The van der Waals surface area contributed by atoms with Crippen LogP contribution in [0, 0.1) is 0 Å². The lowest BCUT2D eigenvalue weighted by Crippen LogP contribution is -2.19. The summed E-state index contributed by atoms with van der Waals surface area (Å²) in [6, 6.07) is 0. The zero-order valence-corrected chi connectivity index (χ0v) is 12.0. The topological polar surface area (TPSA) is 89.9 Å². The highest BCUT2D eigenvalue weighted by atomic mass is 32.2. The minimum absolute atomic E-state index is 0.0221. The second-order valence-electron chi connectivity index (χ2n) is 3.00. The summed E-state index contributed by atoms with van der Waals surface area (Å²) in [4.78, 5) is 31.0. The van der Waals surface area contributed by atoms with Gasteiger partial charge in [-0.15, -0.1) is 23.1 Å². The number of esters is 1. The summed E-state index contributed by atoms with van der Waals surface area (Å²) in [5, 5.41) is 8.08. The quantitative estimate of drug-likeness (QED) is 0.194. The molecular formula is C10H13N3O4S2. The van der Waals surface area contributed by atoms with Crippen molar-refractivity contribution in [2.24, 2.45) is 5.16 Å². The van der Waals surface area contributed by atoms with Crippen LogP contribution in [0.3, 0.4) is 0 Å². The van der Waals surface area contributed by atoms with E-state index in [4.69, 9.17) is 9.57 Å². The predicted molar refractivity (Wildman–Crippen MR) is 74.4 cm³/mol. The highest BCUT2D eigenvalue weighted by Crippen LogP contribution is 2.16. The van der Waals surface area contributed by atoms with Crippen LogP contribution in [0.1, 0.15) is 12.6 Å². The lowest BCUT2D eigenvalue weighted by molar-refractivity contribution is -0.135. The Balaban J connectivity index is 2.90. The Morgan fingerprint density at radius 3 is 3.11 bits per heavy atom. The Morgan fingerprint density at radius 2 is 2.47 bits per heavy atom. The van der Waals surface area contributed by atoms with Crippen molar-refractivity contribution in [2.75, 3.05) is 24.1 Å². The van der Waals surface area contributed by atoms with Gasteiger partial charge in [0, 0.05) is 5.38 Å². The Hall–Kier alpha value is -1.61. The van der Waals surface area contributed by atoms with Crippen molar-refractivity contribution in [3.63, 3.8) is 0 Å². The third-order valence-corrected chi connectivity index (χ3v) is 2.84. The van der Waals surface area contributed by atoms with E-state index >= 15 is 0 Å². The van der Waals surface area contributed by atoms with E-state index in [1.165, 1.54) is 23.1 Å². The van der Waals surface area contributed by atoms with Crippen LogP contribution < -0.4 is 5.32 Å². The number of rotatable bonds is 8. The van der Waals surface area contributed by atoms with Gasteiger partial charge in [0.25, 0.3) is 0 Å². The van der Waals surface area contributed by atoms with Crippen LogP contribution in [-0.2, 0) is 19.2 Å². The van der Waals surface area contributed by atoms with E-state index in [0.29, 0.717) is 23.2 Å². The molecule has 0 atom stereocenters. The van der Waals surface area contributed by atoms with E-state index in [-0.39, 0.29) is 12.3 Å². The first kappa shape index (κ1) is 15.4. The van der Waals surface area contributed by atoms with Gasteiger partial charge in [-0.05, 0) is 13.2 Å². The van der Waals surface area contributed by atoms with E-state index in [1.807, 2.05) is 6.26 Å². The number of oxime groups is 1. The van der Waals surface area contributed by atoms with E-state index in [0.717, 1.165) is 0 Å². The third kappa shape index (κ3) is 4.87. The normalized spacial score (nSPS) is 10.9. The number of anilines is 1. The third-order valence-electron chi connectivity index (χ3n) is 1.72. The highest BCUT2D eigenvalue weighted by molar-refractivity contribution is 7.98. The second kappa shape index (κ2) is 8.48. The smallest absolute Gasteiger partial charge is 0.362 e. The molecule has 1 aromatic heterocycles. The molecular weight excluding hydrogens is 290 g/mol. The summed E-state index contributed by atoms with van der Waals surface area (Å²) >= 11 is 2.59. The fraction of sp³-hybridized carbons (Fsp3) is 0.400. The zero-order valence-electron chi connectivity index (χ0n) is 10.4. The van der Waals surface area contributed by atoms with Gasteiger partial charge in [0.05, 0.1) is 6.61 Å². The lowest BCUT2D eigenvalue weighted by Gasteiger charge is -2.03. The van der Waals surface area contributed by atoms with Crippen molar-refractivity contribution in [1.82, 2.24) is 4.98 Å². The van der Waals surface area contributed by atoms with E-state index < -0.39 is 5.97 Å². The molecule has 1 amide bonds. The van der Waals surface area contributed by atoms with Crippen LogP contribution in [0.2, 0.25) is 0 Å². The summed E-state index contributed by atoms with van der Waals surface area (Å²) in [6.07, 6.45) is 2.35. The number of nitrogens with zero attached hydrogens (tertiary/aromatic N) is 2. The van der Waals surface area contributed by atoms with Gasteiger partial charge in [0.15, 0.2) is 11.1 Å². The van der Waals surface area contributed by atoms with Gasteiger partial charge < -0.3 is 14.9 Å². The van der Waals surface area contributed by atoms with Gasteiger partial charge >= 0.3 is 5.97 Å². The molecule has 0 aliphatic carbocycles. The van der Waals surface area contributed by atoms with Crippen LogP contribution in [0.25, 0.3) is 0 Å². The standard InChI is InChI=1S/C10H13N3O4S2/c1-3-16-9(15)8(13-17-6-18-2)7-4-19-10(12-7)11-5-14/h4-5H,3,6H2,1-2H3,(H,11,12,14). The summed E-state index contributed by atoms with van der Waals surface area (Å²) in [5.74, 6) is -0.307. The van der Waals surface area contributed by atoms with Crippen molar-refractivity contribution in [2.45, 2.75) is 6.92 Å². The molecule has 19 heavy (non-hydrogen) atoms. The monoisotopic (exact) mass is 303 g/mol. The molecule has 0 bridgehead atoms. The lowest BCUT2D eigenvalue weighted by atomic mass is 10.3. The number of amides is 1. The fourth-order valence-electron chi connectivity index (χ4n) is 1.03. The number of thioether (sulfide) groups is 1. The van der Waals surface area contributed by atoms with Crippen molar-refractivity contribution < 1.29 is 19.2 Å². The van der Waals surface area contributed by atoms with Crippen LogP contribution in [0.4, 0.5) is 5.13 Å². The molecule has 1 N–H and O–H groups in total. The summed E-state index contributed by atoms with van der Waals surface area (Å²) in [5.41, 5.74) is 0.278. The number of hydrogen-bond acceptors (Lipinski definition) is 8. The maximum absolute atomic E-state index is 11.7. The van der Waals surface area contributed by atoms with Crippen LogP contribution in [0.5, 0.6) is 0 Å². The van der Waals surface area contributed by atoms with Gasteiger partial charge in [-0.3, -0.25) is 4.79 Å². The Morgan fingerprint density at radius 1 is 1.68 bits per heavy atom. The minimum Gasteiger partial charge on any atom is -0.461 e. The van der Waals surface area contributed by atoms with Gasteiger partial charge in [-0.25, -0.2) is 9.78 Å². The number of thiazole rings is 1. The van der Waals surface area contributed by atoms with Gasteiger partial charge in [0.2, 0.25) is 12.1 Å². The van der Waals surface area contributed by atoms with Crippen molar-refractivity contribution in [3.05, 3.63) is 11.1 Å². The average Bonchev–Trinajstić information content (AvgIpc) is 2.84. The van der Waals surface area contributed by atoms with Gasteiger partial charge in [-0.2, -0.15) is 0 Å². The first-order chi connectivity index (χ1) is 9.22. The molecule has 0 aromatic carbocycles. The molecule has 0 fully saturated rings. The van der Waals surface area contributed by atoms with E-state index in [9.17, 15) is 9.59 Å². The number of carbonyl (C=O) groups is 2. The molecule has 0 saturated carbocycles. The van der Waals surface area contributed by atoms with Gasteiger partial charge in [0.1, 0.15) is 5.69 Å². The summed E-state index contributed by atoms with van der Waals surface area (Å²) in [7, 11) is 0. The minimum atomic E-state index is -0.619. The first-order valence-corrected chi connectivity index (χ1v) is 7.52. The van der Waals surface area contributed by atoms with Crippen LogP contribution in [0.15, 0.2) is 10.5 Å². The van der Waals surface area contributed by atoms with Crippen molar-refractivity contribution >= 4 is 46.3 Å². The number of nitrogens with one attached hydrogen (secondary N) is 1. The number of hydrogen-bond donors (Lipinski definition) is 1. The fourth-order valence-corrected chi connectivity index (χ4v) is 1.84. The molecule has 104 valence electrons. The highest BCUT2D eigenvalue weighted by Gasteiger charge is 2.19. The average molecular weight is 303 g/mol. The molecule has 1 heterocycles. The summed E-state index contributed by atoms with van der Waals surface area (Å²) < 4.78 is 4.88. The number of carbonyl (C=O) groups excluding carboxylic acids is 2. The van der Waals surface area contributed by atoms with Crippen LogP contribution in [-0.4, -0.2) is 41.9 Å². The molecule has 9 heteroatoms.